The minimum Gasteiger partial charge on any atom is -0.382 e. The van der Waals surface area contributed by atoms with Crippen LogP contribution in [0.3, 0.4) is 0 Å². The van der Waals surface area contributed by atoms with Crippen molar-refractivity contribution in [2.75, 3.05) is 19.6 Å². The first-order valence-electron chi connectivity index (χ1n) is 10.1. The number of benzene rings is 1. The van der Waals surface area contributed by atoms with Crippen LogP contribution in [0.4, 0.5) is 0 Å². The van der Waals surface area contributed by atoms with E-state index < -0.39 is 0 Å². The fraction of sp³-hybridized carbons (Fsp3) is 0.545. The molecule has 4 nitrogen and oxygen atoms in total. The van der Waals surface area contributed by atoms with Gasteiger partial charge in [-0.2, -0.15) is 0 Å². The van der Waals surface area contributed by atoms with Crippen LogP contribution >= 0.6 is 0 Å². The molecule has 1 aliphatic carbocycles. The monoisotopic (exact) mass is 352 g/mol. The number of hydrogen-bond acceptors (Lipinski definition) is 4. The summed E-state index contributed by atoms with van der Waals surface area (Å²) >= 11 is 0. The number of fused-ring (bicyclic) bond motifs is 2. The standard InChI is InChI=1S/C22H28N2O2/c25-21-15-19(22(26)18-10-2-1-9-17(18)21)23-12-5-7-16-8-6-14-24-13-4-3-11-20(16)24/h1-2,9-10,15-16,20,23H,3-8,11-14H2/t16-,20+/m0/s1. The van der Waals surface area contributed by atoms with Crippen molar-refractivity contribution in [1.29, 1.82) is 0 Å². The lowest BCUT2D eigenvalue weighted by molar-refractivity contribution is 0.0550. The van der Waals surface area contributed by atoms with E-state index in [1.807, 2.05) is 6.07 Å². The molecule has 3 aliphatic rings. The van der Waals surface area contributed by atoms with Gasteiger partial charge in [0.15, 0.2) is 5.78 Å². The second-order valence-corrected chi connectivity index (χ2v) is 7.87. The number of carbonyl (C=O) groups is 2. The maximum absolute atomic E-state index is 12.6. The molecule has 1 N–H and O–H groups in total. The summed E-state index contributed by atoms with van der Waals surface area (Å²) in [7, 11) is 0. The number of hydrogen-bond donors (Lipinski definition) is 1. The highest BCUT2D eigenvalue weighted by Crippen LogP contribution is 2.33. The molecule has 0 saturated carbocycles. The highest BCUT2D eigenvalue weighted by atomic mass is 16.1. The van der Waals surface area contributed by atoms with Crippen LogP contribution in [0, 0.1) is 5.92 Å². The smallest absolute Gasteiger partial charge is 0.209 e. The predicted octanol–water partition coefficient (Wildman–Crippen LogP) is 3.58. The minimum atomic E-state index is -0.0761. The van der Waals surface area contributed by atoms with Crippen molar-refractivity contribution in [3.8, 4) is 0 Å². The zero-order chi connectivity index (χ0) is 17.9. The molecule has 2 atom stereocenters. The van der Waals surface area contributed by atoms with Crippen LogP contribution in [-0.4, -0.2) is 42.1 Å². The molecule has 1 aromatic rings. The average molecular weight is 352 g/mol. The van der Waals surface area contributed by atoms with Gasteiger partial charge < -0.3 is 10.2 Å². The van der Waals surface area contributed by atoms with Gasteiger partial charge in [-0.05, 0) is 57.5 Å². The summed E-state index contributed by atoms with van der Waals surface area (Å²) in [6.07, 6.45) is 10.5. The van der Waals surface area contributed by atoms with Crippen LogP contribution < -0.4 is 5.32 Å². The molecule has 2 saturated heterocycles. The highest BCUT2D eigenvalue weighted by molar-refractivity contribution is 6.24. The van der Waals surface area contributed by atoms with E-state index in [0.29, 0.717) is 16.8 Å². The number of nitrogens with one attached hydrogen (secondary N) is 1. The lowest BCUT2D eigenvalue weighted by Crippen LogP contribution is -2.48. The third-order valence-electron chi connectivity index (χ3n) is 6.25. The molecule has 1 aromatic carbocycles. The van der Waals surface area contributed by atoms with Crippen molar-refractivity contribution in [1.82, 2.24) is 10.2 Å². The Hall–Kier alpha value is -1.94. The summed E-state index contributed by atoms with van der Waals surface area (Å²) in [5.41, 5.74) is 1.49. The van der Waals surface area contributed by atoms with E-state index in [2.05, 4.69) is 10.2 Å². The largest absolute Gasteiger partial charge is 0.382 e. The predicted molar refractivity (Wildman–Crippen MR) is 102 cm³/mol. The number of piperidine rings is 2. The van der Waals surface area contributed by atoms with Crippen LogP contribution in [0.2, 0.25) is 0 Å². The van der Waals surface area contributed by atoms with Gasteiger partial charge in [0.1, 0.15) is 0 Å². The van der Waals surface area contributed by atoms with Gasteiger partial charge in [-0.25, -0.2) is 0 Å². The molecular weight excluding hydrogens is 324 g/mol. The zero-order valence-electron chi connectivity index (χ0n) is 15.4. The van der Waals surface area contributed by atoms with E-state index in [1.54, 1.807) is 18.2 Å². The Bertz CT molecular complexity index is 723. The molecule has 0 bridgehead atoms. The first-order chi connectivity index (χ1) is 12.7. The van der Waals surface area contributed by atoms with Crippen molar-refractivity contribution in [2.45, 2.75) is 51.0 Å². The van der Waals surface area contributed by atoms with E-state index in [-0.39, 0.29) is 11.6 Å². The molecule has 0 spiro atoms. The molecule has 4 heteroatoms. The molecule has 0 amide bonds. The van der Waals surface area contributed by atoms with Crippen molar-refractivity contribution in [3.63, 3.8) is 0 Å². The maximum Gasteiger partial charge on any atom is 0.209 e. The molecular formula is C22H28N2O2. The summed E-state index contributed by atoms with van der Waals surface area (Å²) in [5.74, 6) is 0.661. The Morgan fingerprint density at radius 1 is 1.00 bits per heavy atom. The van der Waals surface area contributed by atoms with E-state index in [1.165, 1.54) is 57.7 Å². The van der Waals surface area contributed by atoms with Crippen LogP contribution in [0.15, 0.2) is 36.0 Å². The van der Waals surface area contributed by atoms with Crippen LogP contribution in [-0.2, 0) is 0 Å². The van der Waals surface area contributed by atoms with Crippen LogP contribution in [0.5, 0.6) is 0 Å². The third kappa shape index (κ3) is 3.48. The number of Topliss-reactive ketones (excluding diaryl/α,β-unsaturated/α-hetero) is 1. The maximum atomic E-state index is 12.6. The molecule has 0 unspecified atom stereocenters. The van der Waals surface area contributed by atoms with Gasteiger partial charge in [-0.3, -0.25) is 9.59 Å². The quantitative estimate of drug-likeness (QED) is 0.823. The minimum absolute atomic E-state index is 0.0590. The van der Waals surface area contributed by atoms with Gasteiger partial charge >= 0.3 is 0 Å². The van der Waals surface area contributed by atoms with Crippen molar-refractivity contribution in [2.24, 2.45) is 5.92 Å². The second kappa shape index (κ2) is 7.75. The molecule has 138 valence electrons. The molecule has 26 heavy (non-hydrogen) atoms. The summed E-state index contributed by atoms with van der Waals surface area (Å²) in [6, 6.07) is 7.86. The summed E-state index contributed by atoms with van der Waals surface area (Å²) < 4.78 is 0. The number of nitrogens with zero attached hydrogens (tertiary/aromatic N) is 1. The van der Waals surface area contributed by atoms with Crippen molar-refractivity contribution >= 4 is 11.6 Å². The Labute approximate surface area is 155 Å². The SMILES string of the molecule is O=C1C=C(NCCC[C@H]2CCCN3CCCC[C@H]23)C(=O)c2ccccc21. The van der Waals surface area contributed by atoms with Gasteiger partial charge in [0.05, 0.1) is 5.70 Å². The molecule has 0 radical (unpaired) electrons. The van der Waals surface area contributed by atoms with E-state index in [9.17, 15) is 9.59 Å². The Balaban J connectivity index is 1.30. The lowest BCUT2D eigenvalue weighted by Gasteiger charge is -2.44. The third-order valence-corrected chi connectivity index (χ3v) is 6.25. The molecule has 4 rings (SSSR count). The first-order valence-corrected chi connectivity index (χ1v) is 10.1. The fourth-order valence-electron chi connectivity index (χ4n) is 4.95. The number of carbonyl (C=O) groups excluding carboxylic acids is 2. The highest BCUT2D eigenvalue weighted by Gasteiger charge is 2.32. The van der Waals surface area contributed by atoms with Crippen LogP contribution in [0.25, 0.3) is 0 Å². The average Bonchev–Trinajstić information content (AvgIpc) is 2.69. The Kier molecular flexibility index (Phi) is 5.21. The topological polar surface area (TPSA) is 49.4 Å². The summed E-state index contributed by atoms with van der Waals surface area (Å²) in [4.78, 5) is 27.5. The van der Waals surface area contributed by atoms with Crippen molar-refractivity contribution < 1.29 is 9.59 Å². The van der Waals surface area contributed by atoms with Gasteiger partial charge in [0.2, 0.25) is 5.78 Å². The van der Waals surface area contributed by atoms with E-state index in [4.69, 9.17) is 0 Å². The van der Waals surface area contributed by atoms with Crippen molar-refractivity contribution in [3.05, 3.63) is 47.2 Å². The normalized spacial score (nSPS) is 26.1. The molecule has 2 aliphatic heterocycles. The second-order valence-electron chi connectivity index (χ2n) is 7.87. The molecule has 2 heterocycles. The molecule has 2 fully saturated rings. The van der Waals surface area contributed by atoms with Gasteiger partial charge in [0.25, 0.3) is 0 Å². The lowest BCUT2D eigenvalue weighted by atomic mass is 9.81. The van der Waals surface area contributed by atoms with Gasteiger partial charge in [-0.1, -0.05) is 30.7 Å². The number of rotatable bonds is 5. The summed E-state index contributed by atoms with van der Waals surface area (Å²) in [5, 5.41) is 3.23. The van der Waals surface area contributed by atoms with Gasteiger partial charge in [-0.15, -0.1) is 0 Å². The summed E-state index contributed by atoms with van der Waals surface area (Å²) in [6.45, 7) is 3.32. The fourth-order valence-corrected chi connectivity index (χ4v) is 4.95. The first kappa shape index (κ1) is 17.5. The van der Waals surface area contributed by atoms with E-state index >= 15 is 0 Å². The molecule has 0 aromatic heterocycles. The number of ketones is 2. The van der Waals surface area contributed by atoms with Gasteiger partial charge in [0, 0.05) is 29.8 Å². The Morgan fingerprint density at radius 2 is 1.81 bits per heavy atom. The zero-order valence-corrected chi connectivity index (χ0v) is 15.4. The van der Waals surface area contributed by atoms with Crippen LogP contribution in [0.1, 0.15) is 65.7 Å². The number of allylic oxidation sites excluding steroid dienone is 2. The Morgan fingerprint density at radius 3 is 2.69 bits per heavy atom. The van der Waals surface area contributed by atoms with E-state index in [0.717, 1.165) is 24.9 Å².